The summed E-state index contributed by atoms with van der Waals surface area (Å²) < 4.78 is 7.50. The smallest absolute Gasteiger partial charge is 0.261 e. The second-order valence-corrected chi connectivity index (χ2v) is 15.3. The molecule has 0 saturated heterocycles. The summed E-state index contributed by atoms with van der Waals surface area (Å²) in [5.41, 5.74) is 1.32. The van der Waals surface area contributed by atoms with Gasteiger partial charge >= 0.3 is 0 Å². The molecule has 4 atom stereocenters. The van der Waals surface area contributed by atoms with Gasteiger partial charge in [-0.3, -0.25) is 4.79 Å². The zero-order valence-electron chi connectivity index (χ0n) is 20.3. The van der Waals surface area contributed by atoms with Crippen molar-refractivity contribution in [2.24, 2.45) is 17.8 Å². The Hall–Kier alpha value is -1.97. The minimum Gasteiger partial charge on any atom is -0.404 e. The molecule has 2 aliphatic rings. The van der Waals surface area contributed by atoms with Gasteiger partial charge < -0.3 is 4.43 Å². The summed E-state index contributed by atoms with van der Waals surface area (Å²) in [7, 11) is -2.60. The van der Waals surface area contributed by atoms with Gasteiger partial charge in [0, 0.05) is 18.4 Å². The maximum absolute atomic E-state index is 13.0. The van der Waals surface area contributed by atoms with E-state index < -0.39 is 8.32 Å². The zero-order valence-corrected chi connectivity index (χ0v) is 21.3. The monoisotopic (exact) mass is 446 g/mol. The van der Waals surface area contributed by atoms with E-state index in [0.717, 1.165) is 19.3 Å². The van der Waals surface area contributed by atoms with E-state index in [2.05, 4.69) is 101 Å². The summed E-state index contributed by atoms with van der Waals surface area (Å²) in [4.78, 5) is 13.0. The van der Waals surface area contributed by atoms with Gasteiger partial charge in [-0.15, -0.1) is 0 Å². The summed E-state index contributed by atoms with van der Waals surface area (Å²) in [6.45, 7) is 11.3. The molecule has 4 rings (SSSR count). The summed E-state index contributed by atoms with van der Waals surface area (Å²) >= 11 is 0. The van der Waals surface area contributed by atoms with Crippen molar-refractivity contribution >= 4 is 24.5 Å². The predicted octanol–water partition coefficient (Wildman–Crippen LogP) is 5.90. The second-order valence-electron chi connectivity index (χ2n) is 11.0. The van der Waals surface area contributed by atoms with Crippen molar-refractivity contribution in [2.45, 2.75) is 71.4 Å². The van der Waals surface area contributed by atoms with Crippen LogP contribution in [0.5, 0.6) is 0 Å². The first-order valence-electron chi connectivity index (χ1n) is 12.2. The molecule has 2 fully saturated rings. The number of carbonyl (C=O) groups excluding carboxylic acids is 1. The first kappa shape index (κ1) is 23.2. The van der Waals surface area contributed by atoms with Gasteiger partial charge in [0.1, 0.15) is 5.78 Å². The van der Waals surface area contributed by atoms with Crippen molar-refractivity contribution in [1.82, 2.24) is 0 Å². The zero-order chi connectivity index (χ0) is 22.9. The topological polar surface area (TPSA) is 26.3 Å². The maximum atomic E-state index is 13.0. The summed E-state index contributed by atoms with van der Waals surface area (Å²) in [6, 6.07) is 21.8. The maximum Gasteiger partial charge on any atom is 0.261 e. The lowest BCUT2D eigenvalue weighted by molar-refractivity contribution is -0.130. The van der Waals surface area contributed by atoms with Crippen molar-refractivity contribution in [1.29, 1.82) is 0 Å². The molecule has 2 nitrogen and oxygen atoms in total. The van der Waals surface area contributed by atoms with Gasteiger partial charge in [-0.05, 0) is 60.4 Å². The van der Waals surface area contributed by atoms with Gasteiger partial charge in [-0.1, -0.05) is 93.1 Å². The highest BCUT2D eigenvalue weighted by molar-refractivity contribution is 6.99. The molecular weight excluding hydrogens is 408 g/mol. The lowest BCUT2D eigenvalue weighted by atomic mass is 9.75. The van der Waals surface area contributed by atoms with Crippen LogP contribution in [0.1, 0.15) is 60.3 Å². The van der Waals surface area contributed by atoms with E-state index >= 15 is 0 Å². The first-order valence-corrected chi connectivity index (χ1v) is 14.1. The molecule has 3 heteroatoms. The summed E-state index contributed by atoms with van der Waals surface area (Å²) in [5, 5.41) is 2.61. The lowest BCUT2D eigenvalue weighted by Crippen LogP contribution is -2.68. The Balaban J connectivity index is 1.79. The molecule has 0 bridgehead atoms. The van der Waals surface area contributed by atoms with E-state index in [4.69, 9.17) is 4.43 Å². The fraction of sp³-hybridized carbons (Fsp3) is 0.483. The largest absolute Gasteiger partial charge is 0.404 e. The Morgan fingerprint density at radius 3 is 1.97 bits per heavy atom. The van der Waals surface area contributed by atoms with Crippen LogP contribution in [0, 0.1) is 17.8 Å². The van der Waals surface area contributed by atoms with Gasteiger partial charge in [-0.25, -0.2) is 0 Å². The Morgan fingerprint density at radius 2 is 1.47 bits per heavy atom. The molecule has 0 amide bonds. The van der Waals surface area contributed by atoms with Crippen LogP contribution in [0.4, 0.5) is 0 Å². The number of hydrogen-bond donors (Lipinski definition) is 0. The molecule has 2 aromatic carbocycles. The third kappa shape index (κ3) is 4.17. The van der Waals surface area contributed by atoms with E-state index in [1.54, 1.807) is 0 Å². The molecule has 0 unspecified atom stereocenters. The molecule has 2 aromatic rings. The minimum absolute atomic E-state index is 0.0371. The van der Waals surface area contributed by atoms with Crippen LogP contribution in [0.2, 0.25) is 5.04 Å². The van der Waals surface area contributed by atoms with Crippen LogP contribution >= 0.6 is 0 Å². The van der Waals surface area contributed by atoms with E-state index in [9.17, 15) is 4.79 Å². The van der Waals surface area contributed by atoms with E-state index in [0.29, 0.717) is 24.0 Å². The number of rotatable bonds is 5. The van der Waals surface area contributed by atoms with E-state index in [1.807, 2.05) is 0 Å². The molecule has 0 spiro atoms. The Morgan fingerprint density at radius 1 is 0.906 bits per heavy atom. The number of benzene rings is 2. The van der Waals surface area contributed by atoms with Crippen molar-refractivity contribution in [3.8, 4) is 0 Å². The molecule has 0 N–H and O–H groups in total. The average molecular weight is 447 g/mol. The van der Waals surface area contributed by atoms with E-state index in [1.165, 1.54) is 15.9 Å². The quantitative estimate of drug-likeness (QED) is 0.422. The number of carbonyl (C=O) groups is 1. The highest BCUT2D eigenvalue weighted by atomic mass is 28.4. The van der Waals surface area contributed by atoms with Crippen LogP contribution in [-0.2, 0) is 9.22 Å². The third-order valence-electron chi connectivity index (χ3n) is 7.57. The van der Waals surface area contributed by atoms with Crippen molar-refractivity contribution in [3.63, 3.8) is 0 Å². The molecule has 2 aliphatic carbocycles. The minimum atomic E-state index is -2.60. The van der Waals surface area contributed by atoms with E-state index in [-0.39, 0.29) is 17.1 Å². The fourth-order valence-corrected chi connectivity index (χ4v) is 11.1. The third-order valence-corrected chi connectivity index (χ3v) is 12.6. The first-order chi connectivity index (χ1) is 15.2. The lowest BCUT2D eigenvalue weighted by Gasteiger charge is -2.48. The molecule has 0 radical (unpaired) electrons. The van der Waals surface area contributed by atoms with Crippen LogP contribution in [0.3, 0.4) is 0 Å². The molecule has 32 heavy (non-hydrogen) atoms. The molecule has 0 aromatic heterocycles. The standard InChI is InChI=1S/C29H38O2Si/c1-21(2)20-22-16-17-25-27(19-18-26(30)28(22)25)31-32(29(3,4)5,23-12-8-6-9-13-23)24-14-10-7-11-15-24/h6-15,20,22,25,27-28H,16-19H2,1-5H3/t22-,25+,27-,28-/m0/s1. The molecule has 170 valence electrons. The normalized spacial score (nSPS) is 26.0. The van der Waals surface area contributed by atoms with Crippen LogP contribution < -0.4 is 10.4 Å². The van der Waals surface area contributed by atoms with Crippen molar-refractivity contribution in [2.75, 3.05) is 0 Å². The van der Waals surface area contributed by atoms with Gasteiger partial charge in [0.05, 0.1) is 0 Å². The fourth-order valence-electron chi connectivity index (χ4n) is 6.30. The summed E-state index contributed by atoms with van der Waals surface area (Å²) in [6.07, 6.45) is 6.18. The van der Waals surface area contributed by atoms with Crippen LogP contribution in [-0.4, -0.2) is 20.2 Å². The van der Waals surface area contributed by atoms with Crippen molar-refractivity contribution in [3.05, 3.63) is 72.3 Å². The number of ketones is 1. The van der Waals surface area contributed by atoms with Crippen molar-refractivity contribution < 1.29 is 9.22 Å². The van der Waals surface area contributed by atoms with Crippen LogP contribution in [0.15, 0.2) is 72.3 Å². The average Bonchev–Trinajstić information content (AvgIpc) is 3.18. The molecule has 2 saturated carbocycles. The van der Waals surface area contributed by atoms with Gasteiger partial charge in [0.25, 0.3) is 8.32 Å². The highest BCUT2D eigenvalue weighted by Gasteiger charge is 2.55. The Labute approximate surface area is 195 Å². The van der Waals surface area contributed by atoms with Crippen LogP contribution in [0.25, 0.3) is 0 Å². The number of fused-ring (bicyclic) bond motifs is 1. The SMILES string of the molecule is CC(C)=C[C@@H]1CC[C@H]2[C@H]1C(=O)CC[C@@H]2O[Si](c1ccccc1)(c1ccccc1)C(C)(C)C. The number of Topliss-reactive ketones (excluding diaryl/α,β-unsaturated/α-hetero) is 1. The Bertz CT molecular complexity index is 914. The van der Waals surface area contributed by atoms with Gasteiger partial charge in [0.15, 0.2) is 0 Å². The predicted molar refractivity (Wildman–Crippen MR) is 136 cm³/mol. The van der Waals surface area contributed by atoms with Gasteiger partial charge in [-0.2, -0.15) is 0 Å². The summed E-state index contributed by atoms with van der Waals surface area (Å²) in [5.74, 6) is 1.29. The second kappa shape index (κ2) is 9.11. The number of hydrogen-bond acceptors (Lipinski definition) is 2. The Kier molecular flexibility index (Phi) is 6.60. The molecule has 0 aliphatic heterocycles. The number of allylic oxidation sites excluding steroid dienone is 2. The molecular formula is C29H38O2Si. The highest BCUT2D eigenvalue weighted by Crippen LogP contribution is 2.48. The molecule has 0 heterocycles. The van der Waals surface area contributed by atoms with Gasteiger partial charge in [0.2, 0.25) is 0 Å².